The number of alkyl carbamates (subject to hydrolysis) is 1. The average Bonchev–Trinajstić information content (AvgIpc) is 3.15. The third-order valence-electron chi connectivity index (χ3n) is 4.37. The predicted octanol–water partition coefficient (Wildman–Crippen LogP) is 4.47. The van der Waals surface area contributed by atoms with Crippen molar-refractivity contribution in [1.29, 1.82) is 0 Å². The molecule has 0 aliphatic rings. The van der Waals surface area contributed by atoms with Gasteiger partial charge in [0.05, 0.1) is 12.1 Å². The highest BCUT2D eigenvalue weighted by molar-refractivity contribution is 5.67. The molecule has 0 unspecified atom stereocenters. The van der Waals surface area contributed by atoms with Crippen LogP contribution in [0.15, 0.2) is 48.5 Å². The number of nitrogens with zero attached hydrogens (tertiary/aromatic N) is 4. The van der Waals surface area contributed by atoms with Crippen LogP contribution in [0.4, 0.5) is 18.0 Å². The SMILES string of the molecule is CC(C)(C)OC(=O)NCCn1nnc(-c2ccccc2Cc2ccc(C(F)(F)F)cc2)n1. The van der Waals surface area contributed by atoms with E-state index in [1.54, 1.807) is 20.8 Å². The first-order chi connectivity index (χ1) is 15.0. The third-order valence-corrected chi connectivity index (χ3v) is 4.37. The van der Waals surface area contributed by atoms with Gasteiger partial charge in [0.15, 0.2) is 0 Å². The third kappa shape index (κ3) is 6.53. The number of alkyl halides is 3. The molecule has 10 heteroatoms. The molecular weight excluding hydrogens is 423 g/mol. The lowest BCUT2D eigenvalue weighted by Gasteiger charge is -2.19. The number of benzene rings is 2. The van der Waals surface area contributed by atoms with Gasteiger partial charge in [-0.15, -0.1) is 10.2 Å². The zero-order valence-electron chi connectivity index (χ0n) is 18.0. The fourth-order valence-corrected chi connectivity index (χ4v) is 2.94. The van der Waals surface area contributed by atoms with Crippen LogP contribution in [0.25, 0.3) is 11.4 Å². The Kier molecular flexibility index (Phi) is 6.81. The standard InChI is InChI=1S/C22H24F3N5O2/c1-21(2,3)32-20(31)26-12-13-30-28-19(27-29-30)18-7-5-4-6-16(18)14-15-8-10-17(11-9-15)22(23,24)25/h4-11H,12-14H2,1-3H3,(H,26,31). The van der Waals surface area contributed by atoms with E-state index < -0.39 is 23.4 Å². The molecule has 0 radical (unpaired) electrons. The molecule has 32 heavy (non-hydrogen) atoms. The Morgan fingerprint density at radius 3 is 2.41 bits per heavy atom. The fraction of sp³-hybridized carbons (Fsp3) is 0.364. The van der Waals surface area contributed by atoms with Crippen LogP contribution in [0.2, 0.25) is 0 Å². The molecule has 0 aliphatic carbocycles. The summed E-state index contributed by atoms with van der Waals surface area (Å²) in [6.07, 6.45) is -4.47. The van der Waals surface area contributed by atoms with Crippen LogP contribution >= 0.6 is 0 Å². The summed E-state index contributed by atoms with van der Waals surface area (Å²) >= 11 is 0. The Morgan fingerprint density at radius 2 is 1.75 bits per heavy atom. The Balaban J connectivity index is 1.66. The summed E-state index contributed by atoms with van der Waals surface area (Å²) in [7, 11) is 0. The highest BCUT2D eigenvalue weighted by Crippen LogP contribution is 2.30. The minimum absolute atomic E-state index is 0.262. The van der Waals surface area contributed by atoms with E-state index >= 15 is 0 Å². The van der Waals surface area contributed by atoms with Crippen LogP contribution in [0.5, 0.6) is 0 Å². The molecule has 0 saturated carbocycles. The second kappa shape index (κ2) is 9.37. The minimum Gasteiger partial charge on any atom is -0.444 e. The van der Waals surface area contributed by atoms with Crippen molar-refractivity contribution < 1.29 is 22.7 Å². The van der Waals surface area contributed by atoms with Crippen LogP contribution in [0, 0.1) is 0 Å². The van der Waals surface area contributed by atoms with Gasteiger partial charge in [-0.25, -0.2) is 4.79 Å². The number of hydrogen-bond acceptors (Lipinski definition) is 5. The van der Waals surface area contributed by atoms with Gasteiger partial charge in [0, 0.05) is 12.1 Å². The van der Waals surface area contributed by atoms with Crippen molar-refractivity contribution in [3.63, 3.8) is 0 Å². The molecule has 1 heterocycles. The zero-order valence-corrected chi connectivity index (χ0v) is 18.0. The van der Waals surface area contributed by atoms with Crippen molar-refractivity contribution in [1.82, 2.24) is 25.5 Å². The second-order valence-electron chi connectivity index (χ2n) is 8.17. The number of hydrogen-bond donors (Lipinski definition) is 1. The van der Waals surface area contributed by atoms with Gasteiger partial charge in [-0.2, -0.15) is 18.0 Å². The van der Waals surface area contributed by atoms with Gasteiger partial charge < -0.3 is 10.1 Å². The maximum atomic E-state index is 12.8. The highest BCUT2D eigenvalue weighted by Gasteiger charge is 2.30. The maximum Gasteiger partial charge on any atom is 0.416 e. The molecule has 0 bridgehead atoms. The lowest BCUT2D eigenvalue weighted by molar-refractivity contribution is -0.137. The van der Waals surface area contributed by atoms with E-state index in [2.05, 4.69) is 20.7 Å². The Labute approximate surface area is 183 Å². The number of aromatic nitrogens is 4. The normalized spacial score (nSPS) is 11.9. The van der Waals surface area contributed by atoms with Crippen molar-refractivity contribution in [2.75, 3.05) is 6.54 Å². The topological polar surface area (TPSA) is 81.9 Å². The Morgan fingerprint density at radius 1 is 1.06 bits per heavy atom. The quantitative estimate of drug-likeness (QED) is 0.603. The molecule has 0 saturated heterocycles. The number of carbonyl (C=O) groups is 1. The largest absolute Gasteiger partial charge is 0.444 e. The van der Waals surface area contributed by atoms with Gasteiger partial charge in [0.25, 0.3) is 0 Å². The number of halogens is 3. The lowest BCUT2D eigenvalue weighted by atomic mass is 9.98. The molecule has 3 aromatic rings. The first-order valence-corrected chi connectivity index (χ1v) is 10.0. The summed E-state index contributed by atoms with van der Waals surface area (Å²) in [5.74, 6) is 0.393. The molecular formula is C22H24F3N5O2. The van der Waals surface area contributed by atoms with E-state index in [1.807, 2.05) is 24.3 Å². The van der Waals surface area contributed by atoms with Crippen molar-refractivity contribution in [3.05, 3.63) is 65.2 Å². The van der Waals surface area contributed by atoms with Crippen molar-refractivity contribution >= 4 is 6.09 Å². The first-order valence-electron chi connectivity index (χ1n) is 10.0. The van der Waals surface area contributed by atoms with Crippen LogP contribution < -0.4 is 5.32 Å². The van der Waals surface area contributed by atoms with Gasteiger partial charge in [0.2, 0.25) is 5.82 Å². The summed E-state index contributed by atoms with van der Waals surface area (Å²) in [6, 6.07) is 12.5. The number of amides is 1. The molecule has 3 rings (SSSR count). The van der Waals surface area contributed by atoms with Gasteiger partial charge in [0.1, 0.15) is 5.60 Å². The maximum absolute atomic E-state index is 12.8. The molecule has 7 nitrogen and oxygen atoms in total. The molecule has 0 aliphatic heterocycles. The molecule has 170 valence electrons. The van der Waals surface area contributed by atoms with E-state index in [0.717, 1.165) is 28.8 Å². The molecule has 0 fully saturated rings. The Bertz CT molecular complexity index is 1060. The van der Waals surface area contributed by atoms with E-state index in [9.17, 15) is 18.0 Å². The molecule has 0 atom stereocenters. The number of ether oxygens (including phenoxy) is 1. The van der Waals surface area contributed by atoms with Crippen LogP contribution in [0.1, 0.15) is 37.5 Å². The van der Waals surface area contributed by atoms with E-state index in [-0.39, 0.29) is 6.54 Å². The predicted molar refractivity (Wildman–Crippen MR) is 112 cm³/mol. The number of rotatable bonds is 6. The van der Waals surface area contributed by atoms with E-state index in [4.69, 9.17) is 4.74 Å². The van der Waals surface area contributed by atoms with E-state index in [1.165, 1.54) is 16.9 Å². The van der Waals surface area contributed by atoms with Crippen molar-refractivity contribution in [2.45, 2.75) is 45.5 Å². The van der Waals surface area contributed by atoms with Crippen LogP contribution in [0.3, 0.4) is 0 Å². The van der Waals surface area contributed by atoms with Gasteiger partial charge in [-0.05, 0) is 55.7 Å². The molecule has 1 amide bonds. The summed E-state index contributed by atoms with van der Waals surface area (Å²) in [4.78, 5) is 13.1. The molecule has 0 spiro atoms. The van der Waals surface area contributed by atoms with Gasteiger partial charge in [-0.1, -0.05) is 36.4 Å². The van der Waals surface area contributed by atoms with Crippen LogP contribution in [-0.2, 0) is 23.9 Å². The summed E-state index contributed by atoms with van der Waals surface area (Å²) in [5, 5.41) is 15.1. The highest BCUT2D eigenvalue weighted by atomic mass is 19.4. The Hall–Kier alpha value is -3.43. The van der Waals surface area contributed by atoms with Crippen molar-refractivity contribution in [3.8, 4) is 11.4 Å². The van der Waals surface area contributed by atoms with Gasteiger partial charge >= 0.3 is 12.3 Å². The molecule has 2 aromatic carbocycles. The second-order valence-corrected chi connectivity index (χ2v) is 8.17. The smallest absolute Gasteiger partial charge is 0.416 e. The number of carbonyl (C=O) groups excluding carboxylic acids is 1. The summed E-state index contributed by atoms with van der Waals surface area (Å²) < 4.78 is 43.5. The van der Waals surface area contributed by atoms with Crippen LogP contribution in [-0.4, -0.2) is 38.4 Å². The number of tetrazole rings is 1. The first kappa shape index (κ1) is 23.2. The monoisotopic (exact) mass is 447 g/mol. The van der Waals surface area contributed by atoms with E-state index in [0.29, 0.717) is 18.8 Å². The average molecular weight is 447 g/mol. The molecule has 1 N–H and O–H groups in total. The number of nitrogens with one attached hydrogen (secondary N) is 1. The van der Waals surface area contributed by atoms with Gasteiger partial charge in [-0.3, -0.25) is 0 Å². The minimum atomic E-state index is -4.36. The summed E-state index contributed by atoms with van der Waals surface area (Å²) in [6.45, 7) is 5.89. The lowest BCUT2D eigenvalue weighted by Crippen LogP contribution is -2.34. The van der Waals surface area contributed by atoms with Crippen molar-refractivity contribution in [2.24, 2.45) is 0 Å². The molecule has 1 aromatic heterocycles. The zero-order chi connectivity index (χ0) is 23.4. The fourth-order valence-electron chi connectivity index (χ4n) is 2.94. The summed E-state index contributed by atoms with van der Waals surface area (Å²) in [5.41, 5.74) is 1.07.